The smallest absolute Gasteiger partial charge is 0.234 e. The molecule has 0 spiro atoms. The number of nitrogens with zero attached hydrogens (tertiary/aromatic N) is 3. The average molecular weight is 224 g/mol. The van der Waals surface area contributed by atoms with Crippen LogP contribution in [0.1, 0.15) is 31.6 Å². The maximum Gasteiger partial charge on any atom is 0.234 e. The summed E-state index contributed by atoms with van der Waals surface area (Å²) >= 11 is 0. The normalized spacial score (nSPS) is 17.1. The Morgan fingerprint density at radius 3 is 3.06 bits per heavy atom. The number of aromatic amines is 1. The summed E-state index contributed by atoms with van der Waals surface area (Å²) in [7, 11) is 0. The lowest BCUT2D eigenvalue weighted by Gasteiger charge is -2.10. The molecule has 1 aromatic rings. The Morgan fingerprint density at radius 1 is 1.62 bits per heavy atom. The van der Waals surface area contributed by atoms with E-state index < -0.39 is 0 Å². The second kappa shape index (κ2) is 5.02. The molecule has 0 aromatic carbocycles. The van der Waals surface area contributed by atoms with Crippen molar-refractivity contribution in [2.75, 3.05) is 13.1 Å². The quantitative estimate of drug-likeness (QED) is 0.598. The largest absolute Gasteiger partial charge is 0.345 e. The Bertz CT molecular complexity index is 334. The zero-order valence-electron chi connectivity index (χ0n) is 9.23. The molecule has 1 saturated carbocycles. The van der Waals surface area contributed by atoms with Gasteiger partial charge in [-0.15, -0.1) is 10.2 Å². The molecule has 0 bridgehead atoms. The summed E-state index contributed by atoms with van der Waals surface area (Å²) in [6.45, 7) is 3.10. The van der Waals surface area contributed by atoms with Crippen LogP contribution in [0, 0.1) is 5.92 Å². The van der Waals surface area contributed by atoms with Crippen LogP contribution < -0.4 is 10.6 Å². The Labute approximate surface area is 93.4 Å². The van der Waals surface area contributed by atoms with Crippen molar-refractivity contribution in [2.45, 2.75) is 25.8 Å². The van der Waals surface area contributed by atoms with Gasteiger partial charge in [0, 0.05) is 0 Å². The van der Waals surface area contributed by atoms with E-state index in [1.807, 2.05) is 6.92 Å². The molecule has 1 amide bonds. The van der Waals surface area contributed by atoms with Gasteiger partial charge in [0.2, 0.25) is 5.91 Å². The number of rotatable bonds is 6. The molecule has 0 saturated heterocycles. The first-order chi connectivity index (χ1) is 7.75. The van der Waals surface area contributed by atoms with Gasteiger partial charge in [0.05, 0.1) is 12.6 Å². The number of amides is 1. The van der Waals surface area contributed by atoms with E-state index in [9.17, 15) is 4.79 Å². The topological polar surface area (TPSA) is 95.6 Å². The fraction of sp³-hybridized carbons (Fsp3) is 0.778. The van der Waals surface area contributed by atoms with Gasteiger partial charge >= 0.3 is 0 Å². The molecule has 88 valence electrons. The van der Waals surface area contributed by atoms with Gasteiger partial charge in [-0.25, -0.2) is 0 Å². The second-order valence-corrected chi connectivity index (χ2v) is 4.13. The number of H-pyrrole nitrogens is 1. The first kappa shape index (κ1) is 11.0. The number of carbonyl (C=O) groups excluding carboxylic acids is 1. The van der Waals surface area contributed by atoms with E-state index >= 15 is 0 Å². The van der Waals surface area contributed by atoms with Crippen molar-refractivity contribution in [2.24, 2.45) is 5.92 Å². The van der Waals surface area contributed by atoms with Gasteiger partial charge in [0.15, 0.2) is 5.82 Å². The van der Waals surface area contributed by atoms with Crippen molar-refractivity contribution in [3.05, 3.63) is 5.82 Å². The van der Waals surface area contributed by atoms with Gasteiger partial charge < -0.3 is 10.6 Å². The SMILES string of the molecule is CC(NC(=O)CNCC1CC1)c1nn[nH]n1. The zero-order chi connectivity index (χ0) is 11.4. The van der Waals surface area contributed by atoms with Crippen molar-refractivity contribution >= 4 is 5.91 Å². The molecule has 0 aliphatic heterocycles. The third-order valence-electron chi connectivity index (χ3n) is 2.54. The van der Waals surface area contributed by atoms with Gasteiger partial charge in [0.1, 0.15) is 0 Å². The third kappa shape index (κ3) is 3.27. The van der Waals surface area contributed by atoms with E-state index in [1.54, 1.807) is 0 Å². The first-order valence-corrected chi connectivity index (χ1v) is 5.49. The fourth-order valence-electron chi connectivity index (χ4n) is 1.42. The highest BCUT2D eigenvalue weighted by molar-refractivity contribution is 5.78. The van der Waals surface area contributed by atoms with Crippen LogP contribution >= 0.6 is 0 Å². The Kier molecular flexibility index (Phi) is 3.45. The molecular weight excluding hydrogens is 208 g/mol. The van der Waals surface area contributed by atoms with Crippen molar-refractivity contribution in [3.63, 3.8) is 0 Å². The van der Waals surface area contributed by atoms with Crippen LogP contribution in [-0.2, 0) is 4.79 Å². The molecule has 1 atom stereocenters. The predicted octanol–water partition coefficient (Wildman–Crippen LogP) is -0.623. The van der Waals surface area contributed by atoms with E-state index in [4.69, 9.17) is 0 Å². The van der Waals surface area contributed by atoms with E-state index in [0.29, 0.717) is 12.4 Å². The number of carbonyl (C=O) groups is 1. The highest BCUT2D eigenvalue weighted by Gasteiger charge is 2.21. The standard InChI is InChI=1S/C9H16N6O/c1-6(9-12-14-15-13-9)11-8(16)5-10-4-7-2-3-7/h6-7,10H,2-5H2,1H3,(H,11,16)(H,12,13,14,15). The summed E-state index contributed by atoms with van der Waals surface area (Å²) in [6.07, 6.45) is 2.57. The molecule has 1 aromatic heterocycles. The lowest BCUT2D eigenvalue weighted by atomic mass is 10.3. The number of tetrazole rings is 1. The van der Waals surface area contributed by atoms with Crippen molar-refractivity contribution in [1.29, 1.82) is 0 Å². The highest BCUT2D eigenvalue weighted by Crippen LogP contribution is 2.27. The maximum absolute atomic E-state index is 11.5. The average Bonchev–Trinajstić information content (AvgIpc) is 2.91. The van der Waals surface area contributed by atoms with Crippen molar-refractivity contribution < 1.29 is 4.79 Å². The monoisotopic (exact) mass is 224 g/mol. The molecule has 1 aliphatic carbocycles. The summed E-state index contributed by atoms with van der Waals surface area (Å²) in [5.74, 6) is 1.23. The van der Waals surface area contributed by atoms with Crippen LogP contribution in [0.15, 0.2) is 0 Å². The van der Waals surface area contributed by atoms with Crippen LogP contribution in [-0.4, -0.2) is 39.6 Å². The molecule has 7 nitrogen and oxygen atoms in total. The lowest BCUT2D eigenvalue weighted by molar-refractivity contribution is -0.120. The molecule has 7 heteroatoms. The minimum absolute atomic E-state index is 0.0436. The van der Waals surface area contributed by atoms with Crippen molar-refractivity contribution in [1.82, 2.24) is 31.3 Å². The van der Waals surface area contributed by atoms with E-state index in [-0.39, 0.29) is 11.9 Å². The van der Waals surface area contributed by atoms with Gasteiger partial charge in [-0.1, -0.05) is 5.21 Å². The summed E-state index contributed by atoms with van der Waals surface area (Å²) in [4.78, 5) is 11.5. The molecule has 3 N–H and O–H groups in total. The van der Waals surface area contributed by atoms with Gasteiger partial charge in [0.25, 0.3) is 0 Å². The molecule has 16 heavy (non-hydrogen) atoms. The second-order valence-electron chi connectivity index (χ2n) is 4.13. The predicted molar refractivity (Wildman–Crippen MR) is 56.3 cm³/mol. The van der Waals surface area contributed by atoms with E-state index in [2.05, 4.69) is 31.3 Å². The summed E-state index contributed by atoms with van der Waals surface area (Å²) in [6, 6.07) is -0.214. The third-order valence-corrected chi connectivity index (χ3v) is 2.54. The maximum atomic E-state index is 11.5. The lowest BCUT2D eigenvalue weighted by Crippen LogP contribution is -2.36. The number of hydrogen-bond acceptors (Lipinski definition) is 5. The fourth-order valence-corrected chi connectivity index (χ4v) is 1.42. The molecule has 0 radical (unpaired) electrons. The minimum atomic E-state index is -0.214. The van der Waals surface area contributed by atoms with E-state index in [1.165, 1.54) is 12.8 Å². The zero-order valence-corrected chi connectivity index (χ0v) is 9.23. The Morgan fingerprint density at radius 2 is 2.44 bits per heavy atom. The minimum Gasteiger partial charge on any atom is -0.345 e. The van der Waals surface area contributed by atoms with Gasteiger partial charge in [-0.05, 0) is 32.2 Å². The van der Waals surface area contributed by atoms with E-state index in [0.717, 1.165) is 12.5 Å². The molecule has 1 unspecified atom stereocenters. The Hall–Kier alpha value is -1.50. The van der Waals surface area contributed by atoms with Crippen LogP contribution in [0.25, 0.3) is 0 Å². The number of nitrogens with one attached hydrogen (secondary N) is 3. The summed E-state index contributed by atoms with van der Waals surface area (Å²) in [5.41, 5.74) is 0. The molecule has 1 fully saturated rings. The number of hydrogen-bond donors (Lipinski definition) is 3. The Balaban J connectivity index is 1.65. The highest BCUT2D eigenvalue weighted by atomic mass is 16.2. The molecule has 1 aliphatic rings. The van der Waals surface area contributed by atoms with Crippen LogP contribution in [0.5, 0.6) is 0 Å². The van der Waals surface area contributed by atoms with Crippen LogP contribution in [0.2, 0.25) is 0 Å². The number of aromatic nitrogens is 4. The van der Waals surface area contributed by atoms with Crippen LogP contribution in [0.4, 0.5) is 0 Å². The molecule has 2 rings (SSSR count). The molecular formula is C9H16N6O. The van der Waals surface area contributed by atoms with Crippen molar-refractivity contribution in [3.8, 4) is 0 Å². The van der Waals surface area contributed by atoms with Crippen LogP contribution in [0.3, 0.4) is 0 Å². The first-order valence-electron chi connectivity index (χ1n) is 5.49. The summed E-state index contributed by atoms with van der Waals surface area (Å²) in [5, 5.41) is 19.3. The molecule has 1 heterocycles. The van der Waals surface area contributed by atoms with Gasteiger partial charge in [-0.3, -0.25) is 4.79 Å². The van der Waals surface area contributed by atoms with Gasteiger partial charge in [-0.2, -0.15) is 5.21 Å². The summed E-state index contributed by atoms with van der Waals surface area (Å²) < 4.78 is 0.